The van der Waals surface area contributed by atoms with Crippen LogP contribution in [-0.4, -0.2) is 40.3 Å². The summed E-state index contributed by atoms with van der Waals surface area (Å²) in [7, 11) is -3.74. The van der Waals surface area contributed by atoms with Crippen molar-refractivity contribution in [2.75, 3.05) is 13.1 Å². The highest BCUT2D eigenvalue weighted by Gasteiger charge is 2.31. The number of piperidine rings is 1. The van der Waals surface area contributed by atoms with Gasteiger partial charge in [-0.15, -0.1) is 0 Å². The topological polar surface area (TPSA) is 98.3 Å². The van der Waals surface area contributed by atoms with Gasteiger partial charge in [0.05, 0.1) is 9.82 Å². The van der Waals surface area contributed by atoms with Crippen LogP contribution in [0.25, 0.3) is 0 Å². The number of aromatic nitrogens is 2. The van der Waals surface area contributed by atoms with Gasteiger partial charge in [-0.05, 0) is 31.2 Å². The Bertz CT molecular complexity index is 931. The number of benzene rings is 1. The van der Waals surface area contributed by atoms with Crippen molar-refractivity contribution in [1.82, 2.24) is 13.9 Å². The number of rotatable bonds is 6. The summed E-state index contributed by atoms with van der Waals surface area (Å²) >= 11 is 0. The number of nitro groups is 1. The van der Waals surface area contributed by atoms with Gasteiger partial charge in [0.2, 0.25) is 10.0 Å². The number of aryl methyl sites for hydroxylation is 2. The lowest BCUT2D eigenvalue weighted by Gasteiger charge is -2.31. The first kappa shape index (κ1) is 19.5. The lowest BCUT2D eigenvalue weighted by molar-refractivity contribution is -0.385. The lowest BCUT2D eigenvalue weighted by atomic mass is 9.98. The zero-order valence-electron chi connectivity index (χ0n) is 15.5. The average molecular weight is 392 g/mol. The Kier molecular flexibility index (Phi) is 5.61. The SMILES string of the molecule is CCc1nccn1CC1CCN(S(=O)(=O)c2cc([N+](=O)[O-])ccc2C)CC1. The van der Waals surface area contributed by atoms with Crippen LogP contribution < -0.4 is 0 Å². The van der Waals surface area contributed by atoms with Gasteiger partial charge in [-0.2, -0.15) is 4.31 Å². The van der Waals surface area contributed by atoms with E-state index in [4.69, 9.17) is 0 Å². The fraction of sp³-hybridized carbons (Fsp3) is 0.500. The van der Waals surface area contributed by atoms with Crippen LogP contribution >= 0.6 is 0 Å². The minimum atomic E-state index is -3.74. The quantitative estimate of drug-likeness (QED) is 0.556. The average Bonchev–Trinajstić information content (AvgIpc) is 3.09. The van der Waals surface area contributed by atoms with Gasteiger partial charge in [-0.3, -0.25) is 10.1 Å². The van der Waals surface area contributed by atoms with Gasteiger partial charge in [0.25, 0.3) is 5.69 Å². The minimum absolute atomic E-state index is 0.0260. The van der Waals surface area contributed by atoms with Crippen molar-refractivity contribution in [2.24, 2.45) is 5.92 Å². The second-order valence-corrected chi connectivity index (χ2v) is 8.81. The molecule has 27 heavy (non-hydrogen) atoms. The van der Waals surface area contributed by atoms with Gasteiger partial charge in [-0.25, -0.2) is 13.4 Å². The normalized spacial score (nSPS) is 16.5. The fourth-order valence-corrected chi connectivity index (χ4v) is 5.26. The molecule has 1 saturated heterocycles. The number of imidazole rings is 1. The van der Waals surface area contributed by atoms with E-state index in [1.54, 1.807) is 13.1 Å². The van der Waals surface area contributed by atoms with E-state index in [0.29, 0.717) is 24.6 Å². The van der Waals surface area contributed by atoms with Crippen molar-refractivity contribution >= 4 is 15.7 Å². The number of hydrogen-bond donors (Lipinski definition) is 0. The first-order chi connectivity index (χ1) is 12.8. The Morgan fingerprint density at radius 2 is 2.00 bits per heavy atom. The van der Waals surface area contributed by atoms with E-state index >= 15 is 0 Å². The summed E-state index contributed by atoms with van der Waals surface area (Å²) < 4.78 is 29.6. The number of nitro benzene ring substituents is 1. The van der Waals surface area contributed by atoms with Crippen molar-refractivity contribution in [3.8, 4) is 0 Å². The third kappa shape index (κ3) is 4.03. The van der Waals surface area contributed by atoms with Gasteiger partial charge in [0.1, 0.15) is 5.82 Å². The van der Waals surface area contributed by atoms with E-state index in [-0.39, 0.29) is 10.6 Å². The maximum absolute atomic E-state index is 13.0. The van der Waals surface area contributed by atoms with E-state index in [0.717, 1.165) is 37.7 Å². The zero-order chi connectivity index (χ0) is 19.6. The van der Waals surface area contributed by atoms with Crippen molar-refractivity contribution in [2.45, 2.75) is 44.6 Å². The molecule has 0 saturated carbocycles. The Morgan fingerprint density at radius 3 is 2.63 bits per heavy atom. The largest absolute Gasteiger partial charge is 0.335 e. The highest BCUT2D eigenvalue weighted by Crippen LogP contribution is 2.28. The second kappa shape index (κ2) is 7.77. The van der Waals surface area contributed by atoms with Crippen molar-refractivity contribution in [3.63, 3.8) is 0 Å². The van der Waals surface area contributed by atoms with Crippen LogP contribution in [0.4, 0.5) is 5.69 Å². The Labute approximate surface area is 159 Å². The minimum Gasteiger partial charge on any atom is -0.335 e. The van der Waals surface area contributed by atoms with Crippen molar-refractivity contribution < 1.29 is 13.3 Å². The van der Waals surface area contributed by atoms with Crippen LogP contribution in [0.2, 0.25) is 0 Å². The summed E-state index contributed by atoms with van der Waals surface area (Å²) in [6, 6.07) is 3.98. The molecule has 146 valence electrons. The zero-order valence-corrected chi connectivity index (χ0v) is 16.4. The molecule has 2 heterocycles. The summed E-state index contributed by atoms with van der Waals surface area (Å²) in [6.45, 7) is 5.41. The Balaban J connectivity index is 1.72. The smallest absolute Gasteiger partial charge is 0.270 e. The molecule has 0 N–H and O–H groups in total. The lowest BCUT2D eigenvalue weighted by Crippen LogP contribution is -2.39. The highest BCUT2D eigenvalue weighted by molar-refractivity contribution is 7.89. The van der Waals surface area contributed by atoms with Crippen LogP contribution in [0.1, 0.15) is 31.2 Å². The van der Waals surface area contributed by atoms with Gasteiger partial charge in [0.15, 0.2) is 0 Å². The van der Waals surface area contributed by atoms with Crippen LogP contribution in [0.15, 0.2) is 35.5 Å². The monoisotopic (exact) mass is 392 g/mol. The molecule has 1 aliphatic rings. The predicted octanol–water partition coefficient (Wildman–Crippen LogP) is 2.76. The van der Waals surface area contributed by atoms with Gasteiger partial charge >= 0.3 is 0 Å². The molecule has 1 fully saturated rings. The first-order valence-electron chi connectivity index (χ1n) is 9.08. The first-order valence-corrected chi connectivity index (χ1v) is 10.5. The maximum Gasteiger partial charge on any atom is 0.270 e. The molecule has 0 aliphatic carbocycles. The summed E-state index contributed by atoms with van der Waals surface area (Å²) in [4.78, 5) is 14.8. The molecule has 9 heteroatoms. The molecule has 1 aliphatic heterocycles. The van der Waals surface area contributed by atoms with Crippen LogP contribution in [0, 0.1) is 23.0 Å². The van der Waals surface area contributed by atoms with E-state index in [1.165, 1.54) is 16.4 Å². The third-order valence-electron chi connectivity index (χ3n) is 5.15. The molecule has 0 atom stereocenters. The molecular formula is C18H24N4O4S. The number of sulfonamides is 1. The molecule has 0 radical (unpaired) electrons. The summed E-state index contributed by atoms with van der Waals surface area (Å²) in [6.07, 6.45) is 6.15. The predicted molar refractivity (Wildman–Crippen MR) is 101 cm³/mol. The number of nitrogens with zero attached hydrogens (tertiary/aromatic N) is 4. The van der Waals surface area contributed by atoms with Crippen molar-refractivity contribution in [1.29, 1.82) is 0 Å². The second-order valence-electron chi connectivity index (χ2n) is 6.90. The molecule has 0 bridgehead atoms. The van der Waals surface area contributed by atoms with Gasteiger partial charge < -0.3 is 4.57 Å². The summed E-state index contributed by atoms with van der Waals surface area (Å²) in [5.74, 6) is 1.43. The fourth-order valence-electron chi connectivity index (χ4n) is 3.55. The molecule has 1 aromatic heterocycles. The van der Waals surface area contributed by atoms with E-state index < -0.39 is 14.9 Å². The number of hydrogen-bond acceptors (Lipinski definition) is 5. The molecule has 0 amide bonds. The van der Waals surface area contributed by atoms with Crippen LogP contribution in [0.5, 0.6) is 0 Å². The molecule has 3 rings (SSSR count). The van der Waals surface area contributed by atoms with Crippen molar-refractivity contribution in [3.05, 3.63) is 52.1 Å². The van der Waals surface area contributed by atoms with E-state index in [2.05, 4.69) is 16.5 Å². The van der Waals surface area contributed by atoms with E-state index in [9.17, 15) is 18.5 Å². The van der Waals surface area contributed by atoms with Gasteiger partial charge in [-0.1, -0.05) is 13.0 Å². The van der Waals surface area contributed by atoms with Crippen LogP contribution in [-0.2, 0) is 23.0 Å². The van der Waals surface area contributed by atoms with Gasteiger partial charge in [0, 0.05) is 50.6 Å². The Morgan fingerprint density at radius 1 is 1.30 bits per heavy atom. The maximum atomic E-state index is 13.0. The standard InChI is InChI=1S/C18H24N4O4S/c1-3-18-19-8-11-20(18)13-15-6-9-21(10-7-15)27(25,26)17-12-16(22(23)24)5-4-14(17)2/h4-5,8,11-12,15H,3,6-7,9-10,13H2,1-2H3. The van der Waals surface area contributed by atoms with E-state index in [1.807, 2.05) is 6.20 Å². The molecule has 2 aromatic rings. The number of non-ortho nitro benzene ring substituents is 1. The third-order valence-corrected chi connectivity index (χ3v) is 7.19. The van der Waals surface area contributed by atoms with Crippen LogP contribution in [0.3, 0.4) is 0 Å². The molecule has 0 spiro atoms. The highest BCUT2D eigenvalue weighted by atomic mass is 32.2. The molecule has 1 aromatic carbocycles. The molecular weight excluding hydrogens is 368 g/mol. The summed E-state index contributed by atoms with van der Waals surface area (Å²) in [5, 5.41) is 11.0. The molecule has 8 nitrogen and oxygen atoms in total. The molecule has 0 unspecified atom stereocenters. The summed E-state index contributed by atoms with van der Waals surface area (Å²) in [5.41, 5.74) is 0.315. The Hall–Kier alpha value is -2.26.